The standard InChI is InChI=1S/C25H29N5O4/c31-23-9-8-21(24(32)27-23)29-13-16-12-18(6-7-19(16)25(29)33)34-22-5-2-1-4-20(22)28-14-17(15-28)30-11-3-10-26-30/h3,6-7,10-12,17,20-22H,1-2,4-5,8-9,13-15H2,(H,27,31,32)/t20-,21?,22+/m1/s1. The van der Waals surface area contributed by atoms with Crippen LogP contribution < -0.4 is 10.1 Å². The number of aromatic nitrogens is 2. The van der Waals surface area contributed by atoms with Crippen molar-refractivity contribution in [1.82, 2.24) is 24.9 Å². The molecule has 3 fully saturated rings. The van der Waals surface area contributed by atoms with E-state index in [1.54, 1.807) is 4.90 Å². The lowest BCUT2D eigenvalue weighted by atomic mass is 9.88. The molecule has 3 aliphatic heterocycles. The number of nitrogens with zero attached hydrogens (tertiary/aromatic N) is 4. The molecule has 1 N–H and O–H groups in total. The Labute approximate surface area is 198 Å². The van der Waals surface area contributed by atoms with E-state index < -0.39 is 6.04 Å². The van der Waals surface area contributed by atoms with Crippen molar-refractivity contribution >= 4 is 17.7 Å². The number of amides is 3. The zero-order chi connectivity index (χ0) is 23.2. The summed E-state index contributed by atoms with van der Waals surface area (Å²) in [6.07, 6.45) is 9.12. The topological polar surface area (TPSA) is 96.8 Å². The molecule has 1 aromatic carbocycles. The monoisotopic (exact) mass is 463 g/mol. The fourth-order valence-electron chi connectivity index (χ4n) is 5.85. The minimum absolute atomic E-state index is 0.119. The zero-order valence-electron chi connectivity index (χ0n) is 19.1. The van der Waals surface area contributed by atoms with Crippen LogP contribution in [-0.2, 0) is 16.1 Å². The number of piperidine rings is 1. The Bertz CT molecular complexity index is 1110. The van der Waals surface area contributed by atoms with Gasteiger partial charge in [-0.05, 0) is 55.5 Å². The van der Waals surface area contributed by atoms with Crippen LogP contribution in [0, 0.1) is 0 Å². The molecule has 3 atom stereocenters. The van der Waals surface area contributed by atoms with E-state index in [0.717, 1.165) is 43.7 Å². The number of carbonyl (C=O) groups is 3. The molecule has 6 rings (SSSR count). The molecule has 34 heavy (non-hydrogen) atoms. The van der Waals surface area contributed by atoms with Crippen LogP contribution in [0.3, 0.4) is 0 Å². The fraction of sp³-hybridized carbons (Fsp3) is 0.520. The average molecular weight is 464 g/mol. The van der Waals surface area contributed by atoms with E-state index in [-0.39, 0.29) is 30.2 Å². The summed E-state index contributed by atoms with van der Waals surface area (Å²) in [6, 6.07) is 7.83. The Balaban J connectivity index is 1.13. The van der Waals surface area contributed by atoms with Gasteiger partial charge >= 0.3 is 0 Å². The second kappa shape index (κ2) is 8.54. The molecular formula is C25H29N5O4. The second-order valence-corrected chi connectivity index (χ2v) is 9.82. The number of hydrogen-bond acceptors (Lipinski definition) is 6. The highest BCUT2D eigenvalue weighted by atomic mass is 16.5. The molecule has 1 aromatic heterocycles. The van der Waals surface area contributed by atoms with Gasteiger partial charge in [0.15, 0.2) is 0 Å². The molecule has 4 aliphatic rings. The Morgan fingerprint density at radius 1 is 1.06 bits per heavy atom. The highest BCUT2D eigenvalue weighted by molar-refractivity contribution is 6.05. The number of nitrogens with one attached hydrogen (secondary N) is 1. The first-order valence-corrected chi connectivity index (χ1v) is 12.2. The van der Waals surface area contributed by atoms with Crippen LogP contribution in [0.2, 0.25) is 0 Å². The summed E-state index contributed by atoms with van der Waals surface area (Å²) >= 11 is 0. The molecule has 3 amide bonds. The van der Waals surface area contributed by atoms with Crippen molar-refractivity contribution in [1.29, 1.82) is 0 Å². The van der Waals surface area contributed by atoms with Crippen LogP contribution in [0.25, 0.3) is 0 Å². The Kier molecular flexibility index (Phi) is 5.36. The Morgan fingerprint density at radius 3 is 2.71 bits per heavy atom. The number of ether oxygens (including phenoxy) is 1. The second-order valence-electron chi connectivity index (χ2n) is 9.82. The van der Waals surface area contributed by atoms with Gasteiger partial charge in [0, 0.05) is 50.1 Å². The molecule has 4 heterocycles. The lowest BCUT2D eigenvalue weighted by molar-refractivity contribution is -0.136. The molecule has 1 unspecified atom stereocenters. The highest BCUT2D eigenvalue weighted by Crippen LogP contribution is 2.35. The molecule has 9 nitrogen and oxygen atoms in total. The highest BCUT2D eigenvalue weighted by Gasteiger charge is 2.41. The summed E-state index contributed by atoms with van der Waals surface area (Å²) in [7, 11) is 0. The Hall–Kier alpha value is -3.20. The number of benzene rings is 1. The summed E-state index contributed by atoms with van der Waals surface area (Å²) in [6.45, 7) is 2.35. The van der Waals surface area contributed by atoms with Gasteiger partial charge in [-0.3, -0.25) is 29.3 Å². The maximum absolute atomic E-state index is 12.9. The maximum atomic E-state index is 12.9. The Morgan fingerprint density at radius 2 is 1.91 bits per heavy atom. The van der Waals surface area contributed by atoms with Crippen molar-refractivity contribution < 1.29 is 19.1 Å². The van der Waals surface area contributed by atoms with Crippen LogP contribution >= 0.6 is 0 Å². The first-order chi connectivity index (χ1) is 16.6. The third-order valence-corrected chi connectivity index (χ3v) is 7.71. The molecule has 1 saturated carbocycles. The van der Waals surface area contributed by atoms with Crippen molar-refractivity contribution in [2.75, 3.05) is 13.1 Å². The third kappa shape index (κ3) is 3.77. The SMILES string of the molecule is O=C1CCC(N2Cc3cc(O[C@H]4CCCC[C@H]4N4CC(n5cccn5)C4)ccc3C2=O)C(=O)N1. The minimum atomic E-state index is -0.598. The summed E-state index contributed by atoms with van der Waals surface area (Å²) in [5.74, 6) is -0.0438. The first kappa shape index (κ1) is 21.3. The quantitative estimate of drug-likeness (QED) is 0.681. The van der Waals surface area contributed by atoms with Gasteiger partial charge in [-0.25, -0.2) is 0 Å². The molecule has 2 aromatic rings. The first-order valence-electron chi connectivity index (χ1n) is 12.2. The predicted molar refractivity (Wildman–Crippen MR) is 122 cm³/mol. The molecule has 2 saturated heterocycles. The summed E-state index contributed by atoms with van der Waals surface area (Å²) in [4.78, 5) is 40.8. The molecule has 0 spiro atoms. The van der Waals surface area contributed by atoms with E-state index in [0.29, 0.717) is 30.6 Å². The van der Waals surface area contributed by atoms with Crippen molar-refractivity contribution in [3.05, 3.63) is 47.8 Å². The van der Waals surface area contributed by atoms with Crippen LogP contribution in [0.4, 0.5) is 0 Å². The molecule has 1 aliphatic carbocycles. The fourth-order valence-corrected chi connectivity index (χ4v) is 5.85. The van der Waals surface area contributed by atoms with Crippen molar-refractivity contribution in [2.24, 2.45) is 0 Å². The van der Waals surface area contributed by atoms with Crippen LogP contribution in [0.5, 0.6) is 5.75 Å². The lowest BCUT2D eigenvalue weighted by Crippen LogP contribution is -2.58. The minimum Gasteiger partial charge on any atom is -0.489 e. The summed E-state index contributed by atoms with van der Waals surface area (Å²) in [5.41, 5.74) is 1.49. The molecule has 178 valence electrons. The van der Waals surface area contributed by atoms with Crippen molar-refractivity contribution in [3.8, 4) is 5.75 Å². The van der Waals surface area contributed by atoms with Gasteiger partial charge in [0.2, 0.25) is 11.8 Å². The van der Waals surface area contributed by atoms with Crippen molar-refractivity contribution in [2.45, 2.75) is 69.3 Å². The van der Waals surface area contributed by atoms with E-state index in [9.17, 15) is 14.4 Å². The largest absolute Gasteiger partial charge is 0.489 e. The van der Waals surface area contributed by atoms with E-state index in [1.807, 2.05) is 41.3 Å². The van der Waals surface area contributed by atoms with Crippen LogP contribution in [0.1, 0.15) is 60.5 Å². The lowest BCUT2D eigenvalue weighted by Gasteiger charge is -2.48. The number of hydrogen-bond donors (Lipinski definition) is 1. The van der Waals surface area contributed by atoms with Crippen molar-refractivity contribution in [3.63, 3.8) is 0 Å². The van der Waals surface area contributed by atoms with Crippen LogP contribution in [-0.4, -0.2) is 68.6 Å². The van der Waals surface area contributed by atoms with Gasteiger partial charge in [-0.1, -0.05) is 6.42 Å². The van der Waals surface area contributed by atoms with Gasteiger partial charge < -0.3 is 9.64 Å². The molecular weight excluding hydrogens is 434 g/mol. The summed E-state index contributed by atoms with van der Waals surface area (Å²) in [5, 5.41) is 6.73. The van der Waals surface area contributed by atoms with Gasteiger partial charge in [-0.2, -0.15) is 5.10 Å². The number of fused-ring (bicyclic) bond motifs is 1. The maximum Gasteiger partial charge on any atom is 0.255 e. The summed E-state index contributed by atoms with van der Waals surface area (Å²) < 4.78 is 8.55. The number of rotatable bonds is 5. The van der Waals surface area contributed by atoms with E-state index in [2.05, 4.69) is 15.3 Å². The number of likely N-dealkylation sites (tertiary alicyclic amines) is 1. The van der Waals surface area contributed by atoms with Gasteiger partial charge in [0.05, 0.1) is 6.04 Å². The smallest absolute Gasteiger partial charge is 0.255 e. The third-order valence-electron chi connectivity index (χ3n) is 7.71. The normalized spacial score (nSPS) is 27.9. The van der Waals surface area contributed by atoms with Gasteiger partial charge in [0.1, 0.15) is 17.9 Å². The molecule has 9 heteroatoms. The number of imide groups is 1. The van der Waals surface area contributed by atoms with Crippen LogP contribution in [0.15, 0.2) is 36.7 Å². The predicted octanol–water partition coefficient (Wildman–Crippen LogP) is 1.89. The average Bonchev–Trinajstić information content (AvgIpc) is 3.42. The van der Waals surface area contributed by atoms with E-state index in [1.165, 1.54) is 6.42 Å². The zero-order valence-corrected chi connectivity index (χ0v) is 19.1. The van der Waals surface area contributed by atoms with Gasteiger partial charge in [0.25, 0.3) is 5.91 Å². The van der Waals surface area contributed by atoms with E-state index in [4.69, 9.17) is 4.74 Å². The molecule has 0 radical (unpaired) electrons. The number of carbonyl (C=O) groups excluding carboxylic acids is 3. The van der Waals surface area contributed by atoms with Gasteiger partial charge in [-0.15, -0.1) is 0 Å². The molecule has 0 bridgehead atoms. The van der Waals surface area contributed by atoms with E-state index >= 15 is 0 Å².